The SMILES string of the molecule is O=C(Cc1ccccc1Cl)N1CCC(OCCCl)CC1. The molecule has 1 fully saturated rings. The molecule has 1 saturated heterocycles. The highest BCUT2D eigenvalue weighted by Gasteiger charge is 2.23. The molecular formula is C15H19Cl2NO2. The zero-order chi connectivity index (χ0) is 14.4. The molecule has 110 valence electrons. The van der Waals surface area contributed by atoms with Gasteiger partial charge >= 0.3 is 0 Å². The Hall–Kier alpha value is -0.770. The molecule has 0 unspecified atom stereocenters. The molecule has 1 aliphatic rings. The molecule has 1 aromatic rings. The zero-order valence-electron chi connectivity index (χ0n) is 11.4. The molecule has 0 N–H and O–H groups in total. The second kappa shape index (κ2) is 7.87. The monoisotopic (exact) mass is 315 g/mol. The lowest BCUT2D eigenvalue weighted by Crippen LogP contribution is -2.41. The van der Waals surface area contributed by atoms with E-state index in [1.165, 1.54) is 0 Å². The van der Waals surface area contributed by atoms with Crippen LogP contribution in [0.4, 0.5) is 0 Å². The van der Waals surface area contributed by atoms with E-state index >= 15 is 0 Å². The summed E-state index contributed by atoms with van der Waals surface area (Å²) in [5, 5.41) is 0.654. The van der Waals surface area contributed by atoms with E-state index < -0.39 is 0 Å². The van der Waals surface area contributed by atoms with Gasteiger partial charge in [-0.2, -0.15) is 0 Å². The highest BCUT2D eigenvalue weighted by atomic mass is 35.5. The lowest BCUT2D eigenvalue weighted by Gasteiger charge is -2.32. The minimum absolute atomic E-state index is 0.133. The average Bonchev–Trinajstić information content (AvgIpc) is 2.48. The van der Waals surface area contributed by atoms with E-state index in [1.54, 1.807) is 0 Å². The summed E-state index contributed by atoms with van der Waals surface area (Å²) in [4.78, 5) is 14.1. The first-order valence-electron chi connectivity index (χ1n) is 6.89. The molecular weight excluding hydrogens is 297 g/mol. The number of carbonyl (C=O) groups excluding carboxylic acids is 1. The van der Waals surface area contributed by atoms with E-state index in [4.69, 9.17) is 27.9 Å². The molecule has 0 spiro atoms. The van der Waals surface area contributed by atoms with Crippen molar-refractivity contribution in [1.29, 1.82) is 0 Å². The summed E-state index contributed by atoms with van der Waals surface area (Å²) < 4.78 is 5.61. The summed E-state index contributed by atoms with van der Waals surface area (Å²) in [7, 11) is 0. The molecule has 3 nitrogen and oxygen atoms in total. The van der Waals surface area contributed by atoms with Crippen LogP contribution in [-0.4, -0.2) is 42.5 Å². The van der Waals surface area contributed by atoms with Crippen molar-refractivity contribution in [3.8, 4) is 0 Å². The van der Waals surface area contributed by atoms with Gasteiger partial charge in [0.05, 0.1) is 19.1 Å². The number of halogens is 2. The van der Waals surface area contributed by atoms with E-state index in [9.17, 15) is 4.79 Å². The van der Waals surface area contributed by atoms with Gasteiger partial charge in [0.1, 0.15) is 0 Å². The summed E-state index contributed by atoms with van der Waals surface area (Å²) >= 11 is 11.7. The van der Waals surface area contributed by atoms with Gasteiger partial charge in [-0.05, 0) is 24.5 Å². The molecule has 0 aromatic heterocycles. The molecule has 20 heavy (non-hydrogen) atoms. The third kappa shape index (κ3) is 4.37. The number of alkyl halides is 1. The Morgan fingerprint density at radius 3 is 2.65 bits per heavy atom. The van der Waals surface area contributed by atoms with Crippen molar-refractivity contribution >= 4 is 29.1 Å². The lowest BCUT2D eigenvalue weighted by atomic mass is 10.1. The molecule has 1 heterocycles. The summed E-state index contributed by atoms with van der Waals surface area (Å²) in [6.45, 7) is 2.08. The van der Waals surface area contributed by atoms with E-state index in [0.717, 1.165) is 31.5 Å². The largest absolute Gasteiger partial charge is 0.377 e. The van der Waals surface area contributed by atoms with E-state index in [-0.39, 0.29) is 12.0 Å². The first-order chi connectivity index (χ1) is 9.70. The van der Waals surface area contributed by atoms with Crippen LogP contribution >= 0.6 is 23.2 Å². The summed E-state index contributed by atoms with van der Waals surface area (Å²) in [6, 6.07) is 7.49. The molecule has 1 aromatic carbocycles. The van der Waals surface area contributed by atoms with Gasteiger partial charge < -0.3 is 9.64 Å². The normalized spacial score (nSPS) is 16.4. The van der Waals surface area contributed by atoms with Gasteiger partial charge in [0.15, 0.2) is 0 Å². The molecule has 5 heteroatoms. The Kier molecular flexibility index (Phi) is 6.14. The number of ether oxygens (including phenoxy) is 1. The minimum atomic E-state index is 0.133. The second-order valence-electron chi connectivity index (χ2n) is 4.91. The van der Waals surface area contributed by atoms with Gasteiger partial charge in [-0.25, -0.2) is 0 Å². The zero-order valence-corrected chi connectivity index (χ0v) is 12.9. The first kappa shape index (κ1) is 15.6. The maximum atomic E-state index is 12.2. The number of hydrogen-bond acceptors (Lipinski definition) is 2. The van der Waals surface area contributed by atoms with Gasteiger partial charge in [0.2, 0.25) is 5.91 Å². The predicted octanol–water partition coefficient (Wildman–Crippen LogP) is 3.13. The van der Waals surface area contributed by atoms with Crippen molar-refractivity contribution in [1.82, 2.24) is 4.90 Å². The topological polar surface area (TPSA) is 29.5 Å². The maximum Gasteiger partial charge on any atom is 0.227 e. The fourth-order valence-corrected chi connectivity index (χ4v) is 2.69. The number of amides is 1. The third-order valence-electron chi connectivity index (χ3n) is 3.52. The van der Waals surface area contributed by atoms with Crippen LogP contribution < -0.4 is 0 Å². The number of hydrogen-bond donors (Lipinski definition) is 0. The van der Waals surface area contributed by atoms with Gasteiger partial charge in [-0.3, -0.25) is 4.79 Å². The first-order valence-corrected chi connectivity index (χ1v) is 7.80. The smallest absolute Gasteiger partial charge is 0.227 e. The Bertz CT molecular complexity index is 445. The van der Waals surface area contributed by atoms with Crippen molar-refractivity contribution in [2.45, 2.75) is 25.4 Å². The van der Waals surface area contributed by atoms with Crippen molar-refractivity contribution in [3.05, 3.63) is 34.9 Å². The number of piperidine rings is 1. The molecule has 0 atom stereocenters. The van der Waals surface area contributed by atoms with Crippen molar-refractivity contribution in [2.24, 2.45) is 0 Å². The molecule has 0 saturated carbocycles. The number of carbonyl (C=O) groups is 1. The van der Waals surface area contributed by atoms with Crippen LogP contribution in [0.5, 0.6) is 0 Å². The number of benzene rings is 1. The minimum Gasteiger partial charge on any atom is -0.377 e. The number of rotatable bonds is 5. The number of nitrogens with zero attached hydrogens (tertiary/aromatic N) is 1. The Labute approximate surface area is 129 Å². The second-order valence-corrected chi connectivity index (χ2v) is 5.69. The fraction of sp³-hybridized carbons (Fsp3) is 0.533. The molecule has 1 aliphatic heterocycles. The standard InChI is InChI=1S/C15H19Cl2NO2/c16-7-10-20-13-5-8-18(9-6-13)15(19)11-12-3-1-2-4-14(12)17/h1-4,13H,5-11H2. The van der Waals surface area contributed by atoms with Crippen LogP contribution in [0.1, 0.15) is 18.4 Å². The third-order valence-corrected chi connectivity index (χ3v) is 4.05. The Morgan fingerprint density at radius 2 is 2.00 bits per heavy atom. The van der Waals surface area contributed by atoms with Crippen LogP contribution in [0, 0.1) is 0 Å². The van der Waals surface area contributed by atoms with Gasteiger partial charge in [0.25, 0.3) is 0 Å². The van der Waals surface area contributed by atoms with Crippen molar-refractivity contribution in [3.63, 3.8) is 0 Å². The van der Waals surface area contributed by atoms with Crippen LogP contribution in [0.2, 0.25) is 5.02 Å². The Balaban J connectivity index is 1.82. The molecule has 0 bridgehead atoms. The molecule has 0 radical (unpaired) electrons. The van der Waals surface area contributed by atoms with Crippen LogP contribution in [0.15, 0.2) is 24.3 Å². The quantitative estimate of drug-likeness (QED) is 0.781. The van der Waals surface area contributed by atoms with E-state index in [2.05, 4.69) is 0 Å². The lowest BCUT2D eigenvalue weighted by molar-refractivity contribution is -0.133. The molecule has 1 amide bonds. The summed E-state index contributed by atoms with van der Waals surface area (Å²) in [5.41, 5.74) is 0.889. The van der Waals surface area contributed by atoms with Crippen LogP contribution in [0.3, 0.4) is 0 Å². The van der Waals surface area contributed by atoms with Gasteiger partial charge in [-0.1, -0.05) is 29.8 Å². The predicted molar refractivity (Wildman–Crippen MR) is 81.4 cm³/mol. The van der Waals surface area contributed by atoms with E-state index in [0.29, 0.717) is 23.9 Å². The number of likely N-dealkylation sites (tertiary alicyclic amines) is 1. The highest BCUT2D eigenvalue weighted by Crippen LogP contribution is 2.19. The fourth-order valence-electron chi connectivity index (χ4n) is 2.40. The van der Waals surface area contributed by atoms with E-state index in [1.807, 2.05) is 29.2 Å². The Morgan fingerprint density at radius 1 is 1.30 bits per heavy atom. The summed E-state index contributed by atoms with van der Waals surface area (Å²) in [5.74, 6) is 0.653. The van der Waals surface area contributed by atoms with Gasteiger partial charge in [-0.15, -0.1) is 11.6 Å². The average molecular weight is 316 g/mol. The maximum absolute atomic E-state index is 12.2. The highest BCUT2D eigenvalue weighted by molar-refractivity contribution is 6.31. The molecule has 0 aliphatic carbocycles. The van der Waals surface area contributed by atoms with Crippen molar-refractivity contribution < 1.29 is 9.53 Å². The summed E-state index contributed by atoms with van der Waals surface area (Å²) in [6.07, 6.45) is 2.36. The van der Waals surface area contributed by atoms with Crippen LogP contribution in [0.25, 0.3) is 0 Å². The molecule has 2 rings (SSSR count). The van der Waals surface area contributed by atoms with Crippen LogP contribution in [-0.2, 0) is 16.0 Å². The van der Waals surface area contributed by atoms with Gasteiger partial charge in [0, 0.05) is 24.0 Å². The van der Waals surface area contributed by atoms with Crippen molar-refractivity contribution in [2.75, 3.05) is 25.6 Å².